The van der Waals surface area contributed by atoms with Gasteiger partial charge in [-0.1, -0.05) is 6.07 Å². The van der Waals surface area contributed by atoms with Crippen LogP contribution >= 0.6 is 0 Å². The predicted molar refractivity (Wildman–Crippen MR) is 77.0 cm³/mol. The maximum atomic E-state index is 11.3. The molecule has 0 bridgehead atoms. The Morgan fingerprint density at radius 2 is 2.21 bits per heavy atom. The van der Waals surface area contributed by atoms with Crippen LogP contribution in [0.5, 0.6) is 0 Å². The molecule has 0 spiro atoms. The highest BCUT2D eigenvalue weighted by Gasteiger charge is 2.24. The standard InChI is InChI=1S/C13H21N3O3/c1-5-14-11-7-6-8-12(13(11)16(17)18)15(3)10(2)9-19-4/h6-8,10,14H,5,9H2,1-4H3. The molecule has 1 unspecified atom stereocenters. The van der Waals surface area contributed by atoms with Crippen molar-refractivity contribution in [1.82, 2.24) is 0 Å². The fraction of sp³-hybridized carbons (Fsp3) is 0.538. The normalized spacial score (nSPS) is 12.0. The maximum absolute atomic E-state index is 11.3. The lowest BCUT2D eigenvalue weighted by molar-refractivity contribution is -0.383. The van der Waals surface area contributed by atoms with Crippen LogP contribution in [0.15, 0.2) is 18.2 Å². The van der Waals surface area contributed by atoms with Crippen LogP contribution in [0.4, 0.5) is 17.1 Å². The van der Waals surface area contributed by atoms with E-state index in [2.05, 4.69) is 5.32 Å². The number of nitro groups is 1. The van der Waals surface area contributed by atoms with Crippen LogP contribution in [0.1, 0.15) is 13.8 Å². The van der Waals surface area contributed by atoms with Crippen LogP contribution < -0.4 is 10.2 Å². The van der Waals surface area contributed by atoms with Crippen molar-refractivity contribution in [2.24, 2.45) is 0 Å². The zero-order valence-electron chi connectivity index (χ0n) is 11.8. The highest BCUT2D eigenvalue weighted by Crippen LogP contribution is 2.35. The first-order chi connectivity index (χ1) is 9.02. The molecular weight excluding hydrogens is 246 g/mol. The van der Waals surface area contributed by atoms with Crippen molar-refractivity contribution in [2.75, 3.05) is 37.5 Å². The van der Waals surface area contributed by atoms with E-state index in [1.54, 1.807) is 19.2 Å². The third-order valence-corrected chi connectivity index (χ3v) is 3.01. The summed E-state index contributed by atoms with van der Waals surface area (Å²) in [7, 11) is 3.45. The summed E-state index contributed by atoms with van der Waals surface area (Å²) in [5, 5.41) is 14.3. The summed E-state index contributed by atoms with van der Waals surface area (Å²) in [6.07, 6.45) is 0. The minimum absolute atomic E-state index is 0.0561. The van der Waals surface area contributed by atoms with Gasteiger partial charge in [-0.3, -0.25) is 10.1 Å². The van der Waals surface area contributed by atoms with Gasteiger partial charge in [0.1, 0.15) is 11.4 Å². The third-order valence-electron chi connectivity index (χ3n) is 3.01. The zero-order chi connectivity index (χ0) is 14.4. The second-order valence-electron chi connectivity index (χ2n) is 4.38. The number of benzene rings is 1. The lowest BCUT2D eigenvalue weighted by Crippen LogP contribution is -2.33. The summed E-state index contributed by atoms with van der Waals surface area (Å²) in [5.74, 6) is 0. The number of nitrogens with one attached hydrogen (secondary N) is 1. The van der Waals surface area contributed by atoms with E-state index < -0.39 is 0 Å². The molecule has 1 aromatic rings. The number of nitro benzene ring substituents is 1. The van der Waals surface area contributed by atoms with E-state index in [-0.39, 0.29) is 16.7 Å². The maximum Gasteiger partial charge on any atom is 0.315 e. The number of nitrogens with zero attached hydrogens (tertiary/aromatic N) is 2. The van der Waals surface area contributed by atoms with Crippen molar-refractivity contribution in [2.45, 2.75) is 19.9 Å². The Bertz CT molecular complexity index is 437. The van der Waals surface area contributed by atoms with E-state index in [9.17, 15) is 10.1 Å². The molecule has 0 fully saturated rings. The van der Waals surface area contributed by atoms with E-state index in [1.807, 2.05) is 31.9 Å². The minimum atomic E-state index is -0.344. The Morgan fingerprint density at radius 3 is 2.74 bits per heavy atom. The average molecular weight is 267 g/mol. The summed E-state index contributed by atoms with van der Waals surface area (Å²) in [5.41, 5.74) is 1.24. The van der Waals surface area contributed by atoms with Gasteiger partial charge < -0.3 is 15.0 Å². The van der Waals surface area contributed by atoms with Gasteiger partial charge in [-0.25, -0.2) is 0 Å². The van der Waals surface area contributed by atoms with Crippen LogP contribution in [-0.4, -0.2) is 38.3 Å². The van der Waals surface area contributed by atoms with Gasteiger partial charge in [-0.05, 0) is 26.0 Å². The second kappa shape index (κ2) is 6.94. The van der Waals surface area contributed by atoms with Gasteiger partial charge in [0.05, 0.1) is 11.5 Å². The molecule has 0 heterocycles. The molecule has 0 aliphatic carbocycles. The molecule has 6 heteroatoms. The molecule has 19 heavy (non-hydrogen) atoms. The summed E-state index contributed by atoms with van der Waals surface area (Å²) < 4.78 is 5.10. The molecule has 0 saturated heterocycles. The quantitative estimate of drug-likeness (QED) is 0.607. The second-order valence-corrected chi connectivity index (χ2v) is 4.38. The number of methoxy groups -OCH3 is 1. The molecule has 0 amide bonds. The summed E-state index contributed by atoms with van der Waals surface area (Å²) in [4.78, 5) is 12.8. The van der Waals surface area contributed by atoms with E-state index in [0.29, 0.717) is 24.5 Å². The molecule has 1 aromatic carbocycles. The smallest absolute Gasteiger partial charge is 0.315 e. The van der Waals surface area contributed by atoms with Gasteiger partial charge in [-0.15, -0.1) is 0 Å². The van der Waals surface area contributed by atoms with Gasteiger partial charge in [0, 0.05) is 26.7 Å². The molecule has 1 rings (SSSR count). The average Bonchev–Trinajstić information content (AvgIpc) is 2.38. The highest BCUT2D eigenvalue weighted by atomic mass is 16.6. The highest BCUT2D eigenvalue weighted by molar-refractivity contribution is 5.77. The fourth-order valence-electron chi connectivity index (χ4n) is 1.93. The Hall–Kier alpha value is -1.82. The van der Waals surface area contributed by atoms with Crippen LogP contribution in [0.2, 0.25) is 0 Å². The summed E-state index contributed by atoms with van der Waals surface area (Å²) in [6.45, 7) is 5.03. The molecule has 1 atom stereocenters. The Labute approximate surface area is 113 Å². The van der Waals surface area contributed by atoms with Gasteiger partial charge in [0.15, 0.2) is 0 Å². The van der Waals surface area contributed by atoms with Crippen LogP contribution in [0.25, 0.3) is 0 Å². The summed E-state index contributed by atoms with van der Waals surface area (Å²) in [6, 6.07) is 5.35. The minimum Gasteiger partial charge on any atom is -0.383 e. The SMILES string of the molecule is CCNc1cccc(N(C)C(C)COC)c1[N+](=O)[O-]. The van der Waals surface area contributed by atoms with E-state index >= 15 is 0 Å². The van der Waals surface area contributed by atoms with Crippen molar-refractivity contribution in [1.29, 1.82) is 0 Å². The third kappa shape index (κ3) is 3.57. The molecule has 1 N–H and O–H groups in total. The number of ether oxygens (including phenoxy) is 1. The molecular formula is C13H21N3O3. The van der Waals surface area contributed by atoms with Crippen molar-refractivity contribution in [3.05, 3.63) is 28.3 Å². The van der Waals surface area contributed by atoms with Gasteiger partial charge in [0.25, 0.3) is 0 Å². The number of anilines is 2. The number of hydrogen-bond donors (Lipinski definition) is 1. The number of rotatable bonds is 7. The molecule has 0 aliphatic heterocycles. The lowest BCUT2D eigenvalue weighted by atomic mass is 10.2. The Kier molecular flexibility index (Phi) is 5.57. The predicted octanol–water partition coefficient (Wildman–Crippen LogP) is 2.50. The first kappa shape index (κ1) is 15.2. The topological polar surface area (TPSA) is 67.6 Å². The van der Waals surface area contributed by atoms with E-state index in [4.69, 9.17) is 4.74 Å². The molecule has 6 nitrogen and oxygen atoms in total. The van der Waals surface area contributed by atoms with Crippen molar-refractivity contribution >= 4 is 17.1 Å². The van der Waals surface area contributed by atoms with E-state index in [0.717, 1.165) is 0 Å². The van der Waals surface area contributed by atoms with Crippen LogP contribution in [-0.2, 0) is 4.74 Å². The summed E-state index contributed by atoms with van der Waals surface area (Å²) >= 11 is 0. The van der Waals surface area contributed by atoms with Gasteiger partial charge in [-0.2, -0.15) is 0 Å². The van der Waals surface area contributed by atoms with E-state index in [1.165, 1.54) is 0 Å². The van der Waals surface area contributed by atoms with Crippen molar-refractivity contribution in [3.8, 4) is 0 Å². The van der Waals surface area contributed by atoms with Crippen LogP contribution in [0, 0.1) is 10.1 Å². The molecule has 106 valence electrons. The lowest BCUT2D eigenvalue weighted by Gasteiger charge is -2.26. The Balaban J connectivity index is 3.18. The monoisotopic (exact) mass is 267 g/mol. The fourth-order valence-corrected chi connectivity index (χ4v) is 1.93. The largest absolute Gasteiger partial charge is 0.383 e. The van der Waals surface area contributed by atoms with Gasteiger partial charge in [0.2, 0.25) is 0 Å². The number of para-hydroxylation sites is 1. The zero-order valence-corrected chi connectivity index (χ0v) is 11.8. The molecule has 0 aliphatic rings. The van der Waals surface area contributed by atoms with Gasteiger partial charge >= 0.3 is 5.69 Å². The molecule has 0 radical (unpaired) electrons. The number of likely N-dealkylation sites (N-methyl/N-ethyl adjacent to an activating group) is 1. The molecule has 0 saturated carbocycles. The molecule has 0 aromatic heterocycles. The first-order valence-electron chi connectivity index (χ1n) is 6.25. The van der Waals surface area contributed by atoms with Crippen LogP contribution in [0.3, 0.4) is 0 Å². The first-order valence-corrected chi connectivity index (χ1v) is 6.25. The van der Waals surface area contributed by atoms with Crippen molar-refractivity contribution < 1.29 is 9.66 Å². The van der Waals surface area contributed by atoms with Crippen molar-refractivity contribution in [3.63, 3.8) is 0 Å². The number of hydrogen-bond acceptors (Lipinski definition) is 5. The Morgan fingerprint density at radius 1 is 1.53 bits per heavy atom.